The quantitative estimate of drug-likeness (QED) is 0.766. The molecule has 0 aliphatic heterocycles. The van der Waals surface area contributed by atoms with Crippen LogP contribution >= 0.6 is 0 Å². The van der Waals surface area contributed by atoms with Crippen molar-refractivity contribution in [1.29, 1.82) is 0 Å². The molecular formula is C13H21N3O. The number of amides is 1. The summed E-state index contributed by atoms with van der Waals surface area (Å²) >= 11 is 0. The number of nitrogens with one attached hydrogen (secondary N) is 1. The van der Waals surface area contributed by atoms with Gasteiger partial charge in [-0.1, -0.05) is 26.7 Å². The summed E-state index contributed by atoms with van der Waals surface area (Å²) in [6, 6.07) is 1.87. The Balaban J connectivity index is 2.40. The van der Waals surface area contributed by atoms with E-state index in [4.69, 9.17) is 0 Å². The summed E-state index contributed by atoms with van der Waals surface area (Å²) in [5, 5.41) is 6.94. The number of carbonyl (C=O) groups is 1. The minimum atomic E-state index is -0.0434. The van der Waals surface area contributed by atoms with Crippen LogP contribution < -0.4 is 5.32 Å². The summed E-state index contributed by atoms with van der Waals surface area (Å²) in [7, 11) is 1.85. The average Bonchev–Trinajstić information content (AvgIpc) is 2.73. The maximum atomic E-state index is 11.6. The van der Waals surface area contributed by atoms with Crippen LogP contribution in [0.4, 0.5) is 0 Å². The third kappa shape index (κ3) is 4.43. The molecule has 1 N–H and O–H groups in total. The molecule has 1 heterocycles. The highest BCUT2D eigenvalue weighted by Crippen LogP contribution is 2.05. The molecule has 0 spiro atoms. The smallest absolute Gasteiger partial charge is 0.244 e. The van der Waals surface area contributed by atoms with Crippen LogP contribution in [0.1, 0.15) is 32.4 Å². The lowest BCUT2D eigenvalue weighted by atomic mass is 10.0. The molecule has 0 aliphatic rings. The third-order valence-electron chi connectivity index (χ3n) is 2.98. The zero-order valence-corrected chi connectivity index (χ0v) is 10.8. The van der Waals surface area contributed by atoms with E-state index in [0.717, 1.165) is 25.1 Å². The fourth-order valence-electron chi connectivity index (χ4n) is 1.59. The molecule has 0 radical (unpaired) electrons. The van der Waals surface area contributed by atoms with Gasteiger partial charge in [0.15, 0.2) is 0 Å². The molecule has 1 rings (SSSR count). The van der Waals surface area contributed by atoms with Crippen molar-refractivity contribution >= 4 is 12.0 Å². The van der Waals surface area contributed by atoms with Crippen LogP contribution in [0, 0.1) is 5.92 Å². The largest absolute Gasteiger partial charge is 0.352 e. The molecule has 1 amide bonds. The minimum absolute atomic E-state index is 0.0434. The maximum absolute atomic E-state index is 11.6. The Hall–Kier alpha value is -1.58. The molecule has 0 bridgehead atoms. The highest BCUT2D eigenvalue weighted by molar-refractivity contribution is 5.91. The standard InChI is InChI=1S/C13H21N3O/c1-4-11(5-2)10-14-13(17)7-6-12-8-9-15-16(12)3/h6-9,11H,4-5,10H2,1-3H3,(H,14,17)/b7-6+. The van der Waals surface area contributed by atoms with Gasteiger partial charge in [-0.3, -0.25) is 9.48 Å². The molecule has 4 heteroatoms. The molecular weight excluding hydrogens is 214 g/mol. The number of rotatable bonds is 6. The minimum Gasteiger partial charge on any atom is -0.352 e. The van der Waals surface area contributed by atoms with Crippen molar-refractivity contribution < 1.29 is 4.79 Å². The fraction of sp³-hybridized carbons (Fsp3) is 0.538. The van der Waals surface area contributed by atoms with Gasteiger partial charge in [0.25, 0.3) is 0 Å². The van der Waals surface area contributed by atoms with Crippen LogP contribution in [0.15, 0.2) is 18.3 Å². The van der Waals surface area contributed by atoms with Crippen molar-refractivity contribution in [3.8, 4) is 0 Å². The highest BCUT2D eigenvalue weighted by atomic mass is 16.1. The lowest BCUT2D eigenvalue weighted by molar-refractivity contribution is -0.116. The maximum Gasteiger partial charge on any atom is 0.244 e. The van der Waals surface area contributed by atoms with Crippen molar-refractivity contribution in [3.63, 3.8) is 0 Å². The van der Waals surface area contributed by atoms with Crippen LogP contribution in [-0.2, 0) is 11.8 Å². The lowest BCUT2D eigenvalue weighted by Gasteiger charge is -2.11. The Labute approximate surface area is 103 Å². The van der Waals surface area contributed by atoms with E-state index in [-0.39, 0.29) is 5.91 Å². The number of hydrogen-bond acceptors (Lipinski definition) is 2. The normalized spacial score (nSPS) is 11.3. The topological polar surface area (TPSA) is 46.9 Å². The Morgan fingerprint density at radius 1 is 1.53 bits per heavy atom. The molecule has 0 atom stereocenters. The zero-order valence-electron chi connectivity index (χ0n) is 10.8. The van der Waals surface area contributed by atoms with Crippen molar-refractivity contribution in [2.24, 2.45) is 13.0 Å². The van der Waals surface area contributed by atoms with Crippen LogP contribution in [0.3, 0.4) is 0 Å². The van der Waals surface area contributed by atoms with Gasteiger partial charge < -0.3 is 5.32 Å². The first kappa shape index (κ1) is 13.5. The second kappa shape index (κ2) is 6.89. The van der Waals surface area contributed by atoms with E-state index in [1.807, 2.05) is 13.1 Å². The predicted octanol–water partition coefficient (Wildman–Crippen LogP) is 1.99. The summed E-state index contributed by atoms with van der Waals surface area (Å²) in [4.78, 5) is 11.6. The van der Waals surface area contributed by atoms with Gasteiger partial charge in [-0.05, 0) is 18.1 Å². The third-order valence-corrected chi connectivity index (χ3v) is 2.98. The molecule has 1 aromatic heterocycles. The number of carbonyl (C=O) groups excluding carboxylic acids is 1. The Morgan fingerprint density at radius 2 is 2.24 bits per heavy atom. The number of aromatic nitrogens is 2. The molecule has 0 fully saturated rings. The first-order valence-corrected chi connectivity index (χ1v) is 6.11. The second-order valence-corrected chi connectivity index (χ2v) is 4.14. The first-order valence-electron chi connectivity index (χ1n) is 6.11. The highest BCUT2D eigenvalue weighted by Gasteiger charge is 2.04. The molecule has 4 nitrogen and oxygen atoms in total. The number of hydrogen-bond donors (Lipinski definition) is 1. The van der Waals surface area contributed by atoms with E-state index in [1.54, 1.807) is 23.0 Å². The van der Waals surface area contributed by atoms with E-state index < -0.39 is 0 Å². The van der Waals surface area contributed by atoms with Gasteiger partial charge in [-0.15, -0.1) is 0 Å². The monoisotopic (exact) mass is 235 g/mol. The molecule has 1 aromatic rings. The van der Waals surface area contributed by atoms with Crippen molar-refractivity contribution in [1.82, 2.24) is 15.1 Å². The van der Waals surface area contributed by atoms with Gasteiger partial charge in [0.05, 0.1) is 5.69 Å². The van der Waals surface area contributed by atoms with E-state index in [2.05, 4.69) is 24.3 Å². The van der Waals surface area contributed by atoms with Gasteiger partial charge in [-0.2, -0.15) is 5.10 Å². The van der Waals surface area contributed by atoms with Crippen molar-refractivity contribution in [2.45, 2.75) is 26.7 Å². The van der Waals surface area contributed by atoms with Crippen LogP contribution in [0.2, 0.25) is 0 Å². The van der Waals surface area contributed by atoms with E-state index in [1.165, 1.54) is 0 Å². The molecule has 94 valence electrons. The fourth-order valence-corrected chi connectivity index (χ4v) is 1.59. The van der Waals surface area contributed by atoms with Gasteiger partial charge >= 0.3 is 0 Å². The van der Waals surface area contributed by atoms with Gasteiger partial charge in [-0.25, -0.2) is 0 Å². The number of nitrogens with zero attached hydrogens (tertiary/aromatic N) is 2. The Kier molecular flexibility index (Phi) is 5.46. The molecule has 0 aromatic carbocycles. The zero-order chi connectivity index (χ0) is 12.7. The summed E-state index contributed by atoms with van der Waals surface area (Å²) < 4.78 is 1.73. The molecule has 0 saturated carbocycles. The van der Waals surface area contributed by atoms with E-state index in [9.17, 15) is 4.79 Å². The van der Waals surface area contributed by atoms with Crippen LogP contribution in [-0.4, -0.2) is 22.2 Å². The van der Waals surface area contributed by atoms with E-state index >= 15 is 0 Å². The Bertz CT molecular complexity index is 378. The van der Waals surface area contributed by atoms with Crippen molar-refractivity contribution in [3.05, 3.63) is 24.0 Å². The van der Waals surface area contributed by atoms with Crippen molar-refractivity contribution in [2.75, 3.05) is 6.54 Å². The summed E-state index contributed by atoms with van der Waals surface area (Å²) in [5.41, 5.74) is 0.919. The number of aryl methyl sites for hydroxylation is 1. The van der Waals surface area contributed by atoms with E-state index in [0.29, 0.717) is 5.92 Å². The second-order valence-electron chi connectivity index (χ2n) is 4.14. The van der Waals surface area contributed by atoms with Gasteiger partial charge in [0, 0.05) is 25.9 Å². The average molecular weight is 235 g/mol. The summed E-state index contributed by atoms with van der Waals surface area (Å²) in [6.45, 7) is 5.04. The lowest BCUT2D eigenvalue weighted by Crippen LogP contribution is -2.27. The SMILES string of the molecule is CCC(CC)CNC(=O)/C=C/c1ccnn1C. The molecule has 0 saturated heterocycles. The summed E-state index contributed by atoms with van der Waals surface area (Å²) in [5.74, 6) is 0.530. The van der Waals surface area contributed by atoms with Crippen LogP contribution in [0.25, 0.3) is 6.08 Å². The van der Waals surface area contributed by atoms with Gasteiger partial charge in [0.2, 0.25) is 5.91 Å². The van der Waals surface area contributed by atoms with Gasteiger partial charge in [0.1, 0.15) is 0 Å². The first-order chi connectivity index (χ1) is 8.17. The summed E-state index contributed by atoms with van der Waals surface area (Å²) in [6.07, 6.45) is 7.24. The molecule has 0 aliphatic carbocycles. The van der Waals surface area contributed by atoms with Crippen LogP contribution in [0.5, 0.6) is 0 Å². The molecule has 0 unspecified atom stereocenters. The Morgan fingerprint density at radius 3 is 2.76 bits per heavy atom. The molecule has 17 heavy (non-hydrogen) atoms. The predicted molar refractivity (Wildman–Crippen MR) is 69.3 cm³/mol.